The van der Waals surface area contributed by atoms with E-state index in [1.165, 1.54) is 18.2 Å². The summed E-state index contributed by atoms with van der Waals surface area (Å²) >= 11 is 3.17. The van der Waals surface area contributed by atoms with Crippen LogP contribution in [0.15, 0.2) is 40.9 Å². The third-order valence-electron chi connectivity index (χ3n) is 4.78. The fourth-order valence-corrected chi connectivity index (χ4v) is 3.74. The highest BCUT2D eigenvalue weighted by atomic mass is 79.9. The van der Waals surface area contributed by atoms with Gasteiger partial charge in [0.15, 0.2) is 17.3 Å². The number of carboxylic acid groups (broad SMARTS) is 1. The number of aromatic carboxylic acids is 1. The van der Waals surface area contributed by atoms with Crippen LogP contribution in [0, 0.1) is 0 Å². The lowest BCUT2D eigenvalue weighted by Crippen LogP contribution is -2.11. The van der Waals surface area contributed by atoms with E-state index >= 15 is 0 Å². The Bertz CT molecular complexity index is 960. The average Bonchev–Trinajstić information content (AvgIpc) is 3.20. The first-order valence-corrected chi connectivity index (χ1v) is 10.0. The molecule has 2 aromatic rings. The van der Waals surface area contributed by atoms with Crippen molar-refractivity contribution in [3.8, 4) is 17.2 Å². The number of carbonyl (C=O) groups is 2. The van der Waals surface area contributed by atoms with Crippen molar-refractivity contribution < 1.29 is 29.3 Å². The molecule has 2 aromatic carbocycles. The van der Waals surface area contributed by atoms with Crippen molar-refractivity contribution >= 4 is 33.8 Å². The Morgan fingerprint density at radius 3 is 2.45 bits per heavy atom. The average molecular weight is 461 g/mol. The number of carbonyl (C=O) groups excluding carboxylic acids is 1. The van der Waals surface area contributed by atoms with Crippen LogP contribution in [0.4, 0.5) is 0 Å². The van der Waals surface area contributed by atoms with Gasteiger partial charge in [0, 0.05) is 4.47 Å². The van der Waals surface area contributed by atoms with Crippen molar-refractivity contribution in [1.29, 1.82) is 0 Å². The minimum atomic E-state index is -1.31. The second kappa shape index (κ2) is 9.13. The molecular weight excluding hydrogens is 440 g/mol. The smallest absolute Gasteiger partial charge is 0.339 e. The first-order valence-electron chi connectivity index (χ1n) is 9.22. The summed E-state index contributed by atoms with van der Waals surface area (Å²) in [5.41, 5.74) is 0.289. The predicted octanol–water partition coefficient (Wildman–Crippen LogP) is 5.08. The van der Waals surface area contributed by atoms with E-state index in [0.29, 0.717) is 16.0 Å². The first-order chi connectivity index (χ1) is 13.9. The lowest BCUT2D eigenvalue weighted by atomic mass is 10.0. The van der Waals surface area contributed by atoms with E-state index in [4.69, 9.17) is 14.6 Å². The Hall–Kier alpha value is -2.80. The maximum atomic E-state index is 12.5. The number of halogens is 1. The Morgan fingerprint density at radius 1 is 1.10 bits per heavy atom. The van der Waals surface area contributed by atoms with Crippen molar-refractivity contribution in [2.24, 2.45) is 0 Å². The molecule has 1 saturated carbocycles. The number of phenols is 1. The molecule has 1 fully saturated rings. The summed E-state index contributed by atoms with van der Waals surface area (Å²) in [6.07, 6.45) is 7.35. The largest absolute Gasteiger partial charge is 0.506 e. The summed E-state index contributed by atoms with van der Waals surface area (Å²) in [5, 5.41) is 19.3. The third-order valence-corrected chi connectivity index (χ3v) is 5.24. The molecule has 2 N–H and O–H groups in total. The molecule has 0 bridgehead atoms. The van der Waals surface area contributed by atoms with Crippen molar-refractivity contribution in [2.75, 3.05) is 7.11 Å². The van der Waals surface area contributed by atoms with Crippen LogP contribution >= 0.6 is 15.9 Å². The number of ketones is 1. The van der Waals surface area contributed by atoms with Gasteiger partial charge in [-0.05, 0) is 61.6 Å². The first kappa shape index (κ1) is 20.9. The fraction of sp³-hybridized carbons (Fsp3) is 0.273. The molecule has 0 radical (unpaired) electrons. The second-order valence-corrected chi connectivity index (χ2v) is 7.70. The third kappa shape index (κ3) is 4.98. The number of rotatable bonds is 7. The van der Waals surface area contributed by atoms with Crippen LogP contribution in [-0.2, 0) is 0 Å². The summed E-state index contributed by atoms with van der Waals surface area (Å²) in [5.74, 6) is -1.15. The standard InChI is InChI=1S/C22H21BrO6/c1-28-19-9-7-13(10-20(19)29-15-4-2-3-5-15)6-8-18(24)16-11-14(23)12-17(21(16)25)22(26)27/h6-12,15,25H,2-5H2,1H3,(H,26,27)/b8-6+. The summed E-state index contributed by atoms with van der Waals surface area (Å²) in [7, 11) is 1.58. The quantitative estimate of drug-likeness (QED) is 0.442. The summed E-state index contributed by atoms with van der Waals surface area (Å²) in [6, 6.07) is 7.98. The van der Waals surface area contributed by atoms with E-state index in [0.717, 1.165) is 31.2 Å². The van der Waals surface area contributed by atoms with Crippen LogP contribution in [0.5, 0.6) is 17.2 Å². The lowest BCUT2D eigenvalue weighted by Gasteiger charge is -2.16. The summed E-state index contributed by atoms with van der Waals surface area (Å²) in [6.45, 7) is 0. The number of ether oxygens (including phenoxy) is 2. The second-order valence-electron chi connectivity index (χ2n) is 6.79. The summed E-state index contributed by atoms with van der Waals surface area (Å²) in [4.78, 5) is 23.8. The minimum absolute atomic E-state index is 0.0936. The van der Waals surface area contributed by atoms with Gasteiger partial charge in [-0.1, -0.05) is 28.1 Å². The highest BCUT2D eigenvalue weighted by Gasteiger charge is 2.20. The molecule has 0 aliphatic heterocycles. The number of hydrogen-bond donors (Lipinski definition) is 2. The molecule has 6 nitrogen and oxygen atoms in total. The molecule has 0 aromatic heterocycles. The lowest BCUT2D eigenvalue weighted by molar-refractivity contribution is 0.0693. The molecule has 0 atom stereocenters. The molecule has 3 rings (SSSR count). The molecule has 0 spiro atoms. The van der Waals surface area contributed by atoms with Gasteiger partial charge in [-0.15, -0.1) is 0 Å². The zero-order valence-corrected chi connectivity index (χ0v) is 17.4. The minimum Gasteiger partial charge on any atom is -0.506 e. The SMILES string of the molecule is COc1ccc(/C=C/C(=O)c2cc(Br)cc(C(=O)O)c2O)cc1OC1CCCC1. The Labute approximate surface area is 176 Å². The van der Waals surface area contributed by atoms with Crippen LogP contribution in [0.3, 0.4) is 0 Å². The highest BCUT2D eigenvalue weighted by molar-refractivity contribution is 9.10. The molecule has 0 unspecified atom stereocenters. The molecular formula is C22H21BrO6. The van der Waals surface area contributed by atoms with Crippen molar-refractivity contribution in [3.63, 3.8) is 0 Å². The van der Waals surface area contributed by atoms with Gasteiger partial charge in [-0.25, -0.2) is 4.79 Å². The Kier molecular flexibility index (Phi) is 6.59. The topological polar surface area (TPSA) is 93.1 Å². The van der Waals surface area contributed by atoms with E-state index in [1.54, 1.807) is 31.4 Å². The number of benzene rings is 2. The zero-order valence-electron chi connectivity index (χ0n) is 15.9. The molecule has 1 aliphatic carbocycles. The number of hydrogen-bond acceptors (Lipinski definition) is 5. The molecule has 1 aliphatic rings. The maximum absolute atomic E-state index is 12.5. The number of aromatic hydroxyl groups is 1. The highest BCUT2D eigenvalue weighted by Crippen LogP contribution is 2.33. The van der Waals surface area contributed by atoms with Crippen LogP contribution in [0.1, 0.15) is 52.0 Å². The van der Waals surface area contributed by atoms with E-state index in [9.17, 15) is 14.7 Å². The van der Waals surface area contributed by atoms with Gasteiger partial charge in [0.25, 0.3) is 0 Å². The van der Waals surface area contributed by atoms with E-state index in [2.05, 4.69) is 15.9 Å². The van der Waals surface area contributed by atoms with Crippen LogP contribution in [0.25, 0.3) is 6.08 Å². The number of carboxylic acids is 1. The fourth-order valence-electron chi connectivity index (χ4n) is 3.29. The normalized spacial score (nSPS) is 14.3. The molecule has 152 valence electrons. The maximum Gasteiger partial charge on any atom is 0.339 e. The van der Waals surface area contributed by atoms with Gasteiger partial charge >= 0.3 is 5.97 Å². The van der Waals surface area contributed by atoms with Crippen LogP contribution in [-0.4, -0.2) is 35.2 Å². The van der Waals surface area contributed by atoms with Gasteiger partial charge in [0.1, 0.15) is 11.3 Å². The summed E-state index contributed by atoms with van der Waals surface area (Å²) < 4.78 is 11.8. The van der Waals surface area contributed by atoms with E-state index < -0.39 is 17.5 Å². The Morgan fingerprint density at radius 2 is 1.79 bits per heavy atom. The molecule has 7 heteroatoms. The molecule has 0 amide bonds. The molecule has 0 saturated heterocycles. The molecule has 29 heavy (non-hydrogen) atoms. The van der Waals surface area contributed by atoms with Crippen molar-refractivity contribution in [3.05, 3.63) is 57.6 Å². The van der Waals surface area contributed by atoms with Gasteiger partial charge in [0.2, 0.25) is 0 Å². The monoisotopic (exact) mass is 460 g/mol. The molecule has 0 heterocycles. The number of allylic oxidation sites excluding steroid dienone is 1. The zero-order chi connectivity index (χ0) is 21.0. The van der Waals surface area contributed by atoms with Gasteiger partial charge in [0.05, 0.1) is 18.8 Å². The number of methoxy groups -OCH3 is 1. The van der Waals surface area contributed by atoms with E-state index in [-0.39, 0.29) is 17.2 Å². The van der Waals surface area contributed by atoms with Crippen LogP contribution in [0.2, 0.25) is 0 Å². The predicted molar refractivity (Wildman–Crippen MR) is 112 cm³/mol. The van der Waals surface area contributed by atoms with Gasteiger partial charge in [-0.3, -0.25) is 4.79 Å². The van der Waals surface area contributed by atoms with E-state index in [1.807, 2.05) is 0 Å². The van der Waals surface area contributed by atoms with Crippen molar-refractivity contribution in [2.45, 2.75) is 31.8 Å². The van der Waals surface area contributed by atoms with Gasteiger partial charge in [-0.2, -0.15) is 0 Å². The van der Waals surface area contributed by atoms with Crippen molar-refractivity contribution in [1.82, 2.24) is 0 Å². The van der Waals surface area contributed by atoms with Crippen LogP contribution < -0.4 is 9.47 Å². The Balaban J connectivity index is 1.84. The van der Waals surface area contributed by atoms with Gasteiger partial charge < -0.3 is 19.7 Å².